The average molecular weight is 323 g/mol. The maximum atomic E-state index is 12.1. The van der Waals surface area contributed by atoms with E-state index in [1.807, 2.05) is 18.5 Å². The minimum Gasteiger partial charge on any atom is -0.337 e. The Balaban J connectivity index is 1.77. The van der Waals surface area contributed by atoms with Gasteiger partial charge in [0.25, 0.3) is 0 Å². The number of carbonyl (C=O) groups is 1. The second kappa shape index (κ2) is 7.56. The molecule has 2 amide bonds. The van der Waals surface area contributed by atoms with Crippen molar-refractivity contribution in [3.05, 3.63) is 39.0 Å². The van der Waals surface area contributed by atoms with Gasteiger partial charge in [-0.1, -0.05) is 19.9 Å². The SMILES string of the molecule is C[C@H](CNC(=O)N(C)C[C@H](C)c1nccs1)c1cccs1. The molecule has 0 aliphatic carbocycles. The zero-order valence-corrected chi connectivity index (χ0v) is 14.2. The molecule has 0 saturated carbocycles. The highest BCUT2D eigenvalue weighted by atomic mass is 32.1. The Morgan fingerprint density at radius 2 is 2.14 bits per heavy atom. The number of thiazole rings is 1. The molecule has 1 N–H and O–H groups in total. The summed E-state index contributed by atoms with van der Waals surface area (Å²) in [5, 5.41) is 8.10. The molecule has 6 heteroatoms. The fourth-order valence-electron chi connectivity index (χ4n) is 2.10. The van der Waals surface area contributed by atoms with Crippen molar-refractivity contribution in [1.29, 1.82) is 0 Å². The standard InChI is InChI=1S/C15H21N3OS2/c1-11(13-5-4-7-20-13)9-17-15(19)18(3)10-12(2)14-16-6-8-21-14/h4-8,11-12H,9-10H2,1-3H3,(H,17,19)/t11-,12+/m1/s1. The molecule has 2 atom stereocenters. The first kappa shape index (κ1) is 16.0. The van der Waals surface area contributed by atoms with E-state index in [0.29, 0.717) is 19.0 Å². The van der Waals surface area contributed by atoms with Gasteiger partial charge in [0.2, 0.25) is 0 Å². The number of thiophene rings is 1. The summed E-state index contributed by atoms with van der Waals surface area (Å²) in [5.41, 5.74) is 0. The fourth-order valence-corrected chi connectivity index (χ4v) is 3.57. The minimum absolute atomic E-state index is 0.0261. The van der Waals surface area contributed by atoms with Crippen LogP contribution >= 0.6 is 22.7 Å². The van der Waals surface area contributed by atoms with Gasteiger partial charge < -0.3 is 10.2 Å². The minimum atomic E-state index is -0.0261. The molecule has 0 spiro atoms. The van der Waals surface area contributed by atoms with Crippen LogP contribution in [0.5, 0.6) is 0 Å². The summed E-state index contributed by atoms with van der Waals surface area (Å²) in [4.78, 5) is 19.5. The molecule has 0 radical (unpaired) electrons. The Kier molecular flexibility index (Phi) is 5.76. The fraction of sp³-hybridized carbons (Fsp3) is 0.467. The summed E-state index contributed by atoms with van der Waals surface area (Å²) in [6, 6.07) is 4.12. The number of aromatic nitrogens is 1. The van der Waals surface area contributed by atoms with Gasteiger partial charge in [-0.2, -0.15) is 0 Å². The molecule has 2 aromatic rings. The molecule has 0 unspecified atom stereocenters. The van der Waals surface area contributed by atoms with E-state index in [-0.39, 0.29) is 11.9 Å². The van der Waals surface area contributed by atoms with Gasteiger partial charge in [0.1, 0.15) is 0 Å². The number of likely N-dealkylation sites (N-methyl/N-ethyl adjacent to an activating group) is 1. The number of carbonyl (C=O) groups excluding carboxylic acids is 1. The second-order valence-corrected chi connectivity index (χ2v) is 7.16. The number of amides is 2. The molecule has 0 bridgehead atoms. The number of rotatable bonds is 6. The third kappa shape index (κ3) is 4.54. The Hall–Kier alpha value is -1.40. The highest BCUT2D eigenvalue weighted by Gasteiger charge is 2.16. The van der Waals surface area contributed by atoms with Crippen molar-refractivity contribution in [2.75, 3.05) is 20.1 Å². The van der Waals surface area contributed by atoms with E-state index >= 15 is 0 Å². The summed E-state index contributed by atoms with van der Waals surface area (Å²) in [6.45, 7) is 5.56. The predicted octanol–water partition coefficient (Wildman–Crippen LogP) is 3.75. The Morgan fingerprint density at radius 3 is 2.76 bits per heavy atom. The molecule has 0 aliphatic rings. The van der Waals surface area contributed by atoms with Crippen molar-refractivity contribution in [2.24, 2.45) is 0 Å². The topological polar surface area (TPSA) is 45.2 Å². The highest BCUT2D eigenvalue weighted by molar-refractivity contribution is 7.10. The van der Waals surface area contributed by atoms with Crippen LogP contribution in [0.3, 0.4) is 0 Å². The smallest absolute Gasteiger partial charge is 0.317 e. The summed E-state index contributed by atoms with van der Waals surface area (Å²) in [7, 11) is 1.83. The molecule has 2 aromatic heterocycles. The first-order chi connectivity index (χ1) is 10.1. The Labute approximate surface area is 133 Å². The molecule has 0 fully saturated rings. The number of hydrogen-bond donors (Lipinski definition) is 1. The van der Waals surface area contributed by atoms with Crippen molar-refractivity contribution in [2.45, 2.75) is 25.7 Å². The van der Waals surface area contributed by atoms with Crippen LogP contribution in [0.4, 0.5) is 4.79 Å². The zero-order valence-electron chi connectivity index (χ0n) is 12.6. The second-order valence-electron chi connectivity index (χ2n) is 5.25. The van der Waals surface area contributed by atoms with Crippen LogP contribution in [-0.4, -0.2) is 36.1 Å². The van der Waals surface area contributed by atoms with Crippen LogP contribution in [0.15, 0.2) is 29.1 Å². The lowest BCUT2D eigenvalue weighted by atomic mass is 10.1. The zero-order chi connectivity index (χ0) is 15.2. The predicted molar refractivity (Wildman–Crippen MR) is 89.3 cm³/mol. The Bertz CT molecular complexity index is 539. The third-order valence-corrected chi connectivity index (χ3v) is 5.47. The van der Waals surface area contributed by atoms with E-state index in [1.165, 1.54) is 4.88 Å². The molecule has 4 nitrogen and oxygen atoms in total. The normalized spacial score (nSPS) is 13.7. The van der Waals surface area contributed by atoms with E-state index in [0.717, 1.165) is 5.01 Å². The van der Waals surface area contributed by atoms with Gasteiger partial charge in [0, 0.05) is 48.4 Å². The van der Waals surface area contributed by atoms with Crippen LogP contribution in [0.25, 0.3) is 0 Å². The monoisotopic (exact) mass is 323 g/mol. The molecule has 0 saturated heterocycles. The van der Waals surface area contributed by atoms with Crippen molar-refractivity contribution < 1.29 is 4.79 Å². The van der Waals surface area contributed by atoms with E-state index < -0.39 is 0 Å². The average Bonchev–Trinajstić information content (AvgIpc) is 3.15. The molecule has 114 valence electrons. The summed E-state index contributed by atoms with van der Waals surface area (Å²) in [5.74, 6) is 0.606. The number of nitrogens with zero attached hydrogens (tertiary/aromatic N) is 2. The molecule has 0 aliphatic heterocycles. The van der Waals surface area contributed by atoms with Gasteiger partial charge in [0.15, 0.2) is 0 Å². The quantitative estimate of drug-likeness (QED) is 0.880. The number of hydrogen-bond acceptors (Lipinski definition) is 4. The summed E-state index contributed by atoms with van der Waals surface area (Å²) < 4.78 is 0. The maximum absolute atomic E-state index is 12.1. The van der Waals surface area contributed by atoms with Crippen molar-refractivity contribution in [3.63, 3.8) is 0 Å². The molecule has 2 rings (SSSR count). The van der Waals surface area contributed by atoms with Gasteiger partial charge >= 0.3 is 6.03 Å². The lowest BCUT2D eigenvalue weighted by Crippen LogP contribution is -2.40. The first-order valence-electron chi connectivity index (χ1n) is 6.99. The van der Waals surface area contributed by atoms with Gasteiger partial charge in [-0.15, -0.1) is 22.7 Å². The summed E-state index contributed by atoms with van der Waals surface area (Å²) in [6.07, 6.45) is 1.80. The molecule has 2 heterocycles. The summed E-state index contributed by atoms with van der Waals surface area (Å²) >= 11 is 3.36. The van der Waals surface area contributed by atoms with Crippen molar-refractivity contribution >= 4 is 28.7 Å². The van der Waals surface area contributed by atoms with Crippen LogP contribution in [-0.2, 0) is 0 Å². The van der Waals surface area contributed by atoms with Gasteiger partial charge in [-0.25, -0.2) is 9.78 Å². The Morgan fingerprint density at radius 1 is 1.33 bits per heavy atom. The van der Waals surface area contributed by atoms with Crippen molar-refractivity contribution in [3.8, 4) is 0 Å². The van der Waals surface area contributed by atoms with Crippen LogP contribution in [0.1, 0.15) is 35.6 Å². The number of nitrogens with one attached hydrogen (secondary N) is 1. The van der Waals surface area contributed by atoms with E-state index in [9.17, 15) is 4.79 Å². The third-order valence-electron chi connectivity index (χ3n) is 3.36. The maximum Gasteiger partial charge on any atom is 0.317 e. The van der Waals surface area contributed by atoms with Gasteiger partial charge in [-0.3, -0.25) is 0 Å². The lowest BCUT2D eigenvalue weighted by molar-refractivity contribution is 0.206. The van der Waals surface area contributed by atoms with Gasteiger partial charge in [-0.05, 0) is 11.4 Å². The first-order valence-corrected chi connectivity index (χ1v) is 8.75. The van der Waals surface area contributed by atoms with Gasteiger partial charge in [0.05, 0.1) is 5.01 Å². The van der Waals surface area contributed by atoms with E-state index in [1.54, 1.807) is 33.8 Å². The lowest BCUT2D eigenvalue weighted by Gasteiger charge is -2.22. The molecule has 21 heavy (non-hydrogen) atoms. The molecule has 0 aromatic carbocycles. The highest BCUT2D eigenvalue weighted by Crippen LogP contribution is 2.20. The molecular weight excluding hydrogens is 302 g/mol. The van der Waals surface area contributed by atoms with Crippen LogP contribution < -0.4 is 5.32 Å². The van der Waals surface area contributed by atoms with Crippen molar-refractivity contribution in [1.82, 2.24) is 15.2 Å². The van der Waals surface area contributed by atoms with E-state index in [2.05, 4.69) is 35.6 Å². The van der Waals surface area contributed by atoms with E-state index in [4.69, 9.17) is 0 Å². The number of urea groups is 1. The van der Waals surface area contributed by atoms with Crippen LogP contribution in [0.2, 0.25) is 0 Å². The van der Waals surface area contributed by atoms with Crippen LogP contribution in [0, 0.1) is 0 Å². The molecular formula is C15H21N3OS2. The largest absolute Gasteiger partial charge is 0.337 e.